The van der Waals surface area contributed by atoms with E-state index in [-0.39, 0.29) is 5.91 Å². The Kier molecular flexibility index (Phi) is 5.60. The van der Waals surface area contributed by atoms with Gasteiger partial charge in [-0.15, -0.1) is 16.4 Å². The van der Waals surface area contributed by atoms with Crippen molar-refractivity contribution in [2.45, 2.75) is 20.8 Å². The van der Waals surface area contributed by atoms with Gasteiger partial charge in [0.05, 0.1) is 16.4 Å². The van der Waals surface area contributed by atoms with Crippen LogP contribution in [0.3, 0.4) is 0 Å². The topological polar surface area (TPSA) is 71.5 Å². The predicted molar refractivity (Wildman–Crippen MR) is 96.2 cm³/mol. The van der Waals surface area contributed by atoms with E-state index < -0.39 is 0 Å². The van der Waals surface area contributed by atoms with Gasteiger partial charge in [0.2, 0.25) is 5.88 Å². The van der Waals surface area contributed by atoms with Gasteiger partial charge in [0.25, 0.3) is 5.91 Å². The fraction of sp³-hybridized carbons (Fsp3) is 0.529. The molecule has 3 heterocycles. The van der Waals surface area contributed by atoms with Crippen molar-refractivity contribution in [3.05, 3.63) is 33.4 Å². The summed E-state index contributed by atoms with van der Waals surface area (Å²) in [6.07, 6.45) is 0. The number of aromatic nitrogens is 3. The molecule has 0 atom stereocenters. The van der Waals surface area contributed by atoms with E-state index in [1.54, 1.807) is 0 Å². The Morgan fingerprint density at radius 1 is 1.16 bits per heavy atom. The molecule has 0 bridgehead atoms. The summed E-state index contributed by atoms with van der Waals surface area (Å²) < 4.78 is 5.62. The number of nitrogens with zero attached hydrogens (tertiary/aromatic N) is 5. The van der Waals surface area contributed by atoms with Crippen LogP contribution in [0.5, 0.6) is 5.88 Å². The molecule has 0 aliphatic carbocycles. The van der Waals surface area contributed by atoms with E-state index >= 15 is 0 Å². The van der Waals surface area contributed by atoms with Gasteiger partial charge in [-0.2, -0.15) is 5.10 Å². The van der Waals surface area contributed by atoms with Gasteiger partial charge in [-0.25, -0.2) is 4.98 Å². The maximum Gasteiger partial charge on any atom is 0.265 e. The van der Waals surface area contributed by atoms with E-state index in [9.17, 15) is 4.79 Å². The highest BCUT2D eigenvalue weighted by atomic mass is 32.1. The molecule has 1 saturated heterocycles. The van der Waals surface area contributed by atoms with Crippen molar-refractivity contribution in [1.29, 1.82) is 0 Å². The van der Waals surface area contributed by atoms with Crippen molar-refractivity contribution in [3.63, 3.8) is 0 Å². The molecule has 8 heteroatoms. The second-order valence-corrected chi connectivity index (χ2v) is 7.35. The molecule has 1 aliphatic heterocycles. The lowest BCUT2D eigenvalue weighted by Gasteiger charge is -2.34. The number of aryl methyl sites for hydroxylation is 3. The van der Waals surface area contributed by atoms with Crippen LogP contribution in [0.15, 0.2) is 12.1 Å². The first-order valence-electron chi connectivity index (χ1n) is 8.42. The van der Waals surface area contributed by atoms with Gasteiger partial charge in [-0.1, -0.05) is 0 Å². The smallest absolute Gasteiger partial charge is 0.265 e. The molecule has 1 amide bonds. The lowest BCUT2D eigenvalue weighted by Crippen LogP contribution is -2.49. The number of amides is 1. The van der Waals surface area contributed by atoms with Crippen molar-refractivity contribution >= 4 is 17.2 Å². The minimum atomic E-state index is 0.105. The fourth-order valence-corrected chi connectivity index (χ4v) is 3.68. The number of carbonyl (C=O) groups is 1. The average Bonchev–Trinajstić information content (AvgIpc) is 2.95. The van der Waals surface area contributed by atoms with Gasteiger partial charge in [0, 0.05) is 38.8 Å². The van der Waals surface area contributed by atoms with Gasteiger partial charge in [0.1, 0.15) is 11.5 Å². The van der Waals surface area contributed by atoms with Crippen LogP contribution in [-0.2, 0) is 0 Å². The van der Waals surface area contributed by atoms with Crippen LogP contribution in [0, 0.1) is 20.8 Å². The maximum atomic E-state index is 12.6. The molecule has 3 rings (SSSR count). The number of rotatable bonds is 5. The average molecular weight is 361 g/mol. The first-order chi connectivity index (χ1) is 12.0. The zero-order valence-corrected chi connectivity index (χ0v) is 15.7. The maximum absolute atomic E-state index is 12.6. The summed E-state index contributed by atoms with van der Waals surface area (Å²) in [5, 5.41) is 8.91. The highest BCUT2D eigenvalue weighted by Crippen LogP contribution is 2.20. The van der Waals surface area contributed by atoms with Gasteiger partial charge < -0.3 is 9.64 Å². The Hall–Kier alpha value is -2.06. The standard InChI is InChI=1S/C17H23N5O2S/c1-12-4-5-15(20-19-12)24-11-10-21-6-8-22(9-7-21)17(23)16-13(2)18-14(3)25-16/h4-5H,6-11H2,1-3H3. The Morgan fingerprint density at radius 3 is 2.52 bits per heavy atom. The molecule has 0 radical (unpaired) electrons. The number of hydrogen-bond donors (Lipinski definition) is 0. The summed E-state index contributed by atoms with van der Waals surface area (Å²) >= 11 is 1.48. The molecule has 1 fully saturated rings. The van der Waals surface area contributed by atoms with Crippen LogP contribution >= 0.6 is 11.3 Å². The molecular formula is C17H23N5O2S. The van der Waals surface area contributed by atoms with Crippen LogP contribution in [0.1, 0.15) is 26.1 Å². The van der Waals surface area contributed by atoms with Crippen LogP contribution in [0.2, 0.25) is 0 Å². The highest BCUT2D eigenvalue weighted by molar-refractivity contribution is 7.13. The van der Waals surface area contributed by atoms with Crippen LogP contribution in [0.25, 0.3) is 0 Å². The minimum absolute atomic E-state index is 0.105. The summed E-state index contributed by atoms with van der Waals surface area (Å²) in [4.78, 5) is 21.9. The van der Waals surface area contributed by atoms with E-state index in [0.717, 1.165) is 54.0 Å². The van der Waals surface area contributed by atoms with Gasteiger partial charge in [-0.3, -0.25) is 9.69 Å². The summed E-state index contributed by atoms with van der Waals surface area (Å²) in [6.45, 7) is 10.3. The van der Waals surface area contributed by atoms with Crippen molar-refractivity contribution in [3.8, 4) is 5.88 Å². The van der Waals surface area contributed by atoms with Crippen molar-refractivity contribution in [1.82, 2.24) is 25.0 Å². The zero-order valence-electron chi connectivity index (χ0n) is 14.9. The normalized spacial score (nSPS) is 15.4. The molecule has 0 saturated carbocycles. The number of carbonyl (C=O) groups excluding carboxylic acids is 1. The monoisotopic (exact) mass is 361 g/mol. The van der Waals surface area contributed by atoms with E-state index in [1.165, 1.54) is 11.3 Å². The third-order valence-corrected chi connectivity index (χ3v) is 5.25. The Bertz CT molecular complexity index is 723. The van der Waals surface area contributed by atoms with Crippen LogP contribution in [0.4, 0.5) is 0 Å². The number of thiazole rings is 1. The summed E-state index contributed by atoms with van der Waals surface area (Å²) in [6, 6.07) is 3.72. The molecular weight excluding hydrogens is 338 g/mol. The highest BCUT2D eigenvalue weighted by Gasteiger charge is 2.24. The molecule has 25 heavy (non-hydrogen) atoms. The Balaban J connectivity index is 1.43. The molecule has 2 aromatic rings. The molecule has 0 unspecified atom stereocenters. The van der Waals surface area contributed by atoms with E-state index in [2.05, 4.69) is 20.1 Å². The second-order valence-electron chi connectivity index (χ2n) is 6.14. The summed E-state index contributed by atoms with van der Waals surface area (Å²) in [5.41, 5.74) is 1.71. The molecule has 7 nitrogen and oxygen atoms in total. The lowest BCUT2D eigenvalue weighted by atomic mass is 10.2. The fourth-order valence-electron chi connectivity index (χ4n) is 2.79. The molecule has 1 aliphatic rings. The minimum Gasteiger partial charge on any atom is -0.475 e. The quantitative estimate of drug-likeness (QED) is 0.807. The van der Waals surface area contributed by atoms with Gasteiger partial charge in [-0.05, 0) is 26.8 Å². The number of ether oxygens (including phenoxy) is 1. The molecule has 134 valence electrons. The van der Waals surface area contributed by atoms with E-state index in [4.69, 9.17) is 4.74 Å². The first kappa shape index (κ1) is 17.8. The van der Waals surface area contributed by atoms with Crippen LogP contribution in [-0.4, -0.2) is 70.2 Å². The predicted octanol–water partition coefficient (Wildman–Crippen LogP) is 1.70. The zero-order chi connectivity index (χ0) is 17.8. The lowest BCUT2D eigenvalue weighted by molar-refractivity contribution is 0.0623. The molecule has 0 spiro atoms. The van der Waals surface area contributed by atoms with Crippen LogP contribution < -0.4 is 4.74 Å². The summed E-state index contributed by atoms with van der Waals surface area (Å²) in [7, 11) is 0. The molecule has 2 aromatic heterocycles. The van der Waals surface area contributed by atoms with E-state index in [0.29, 0.717) is 12.5 Å². The number of piperazine rings is 1. The first-order valence-corrected chi connectivity index (χ1v) is 9.23. The number of hydrogen-bond acceptors (Lipinski definition) is 7. The molecule has 0 N–H and O–H groups in total. The SMILES string of the molecule is Cc1ccc(OCCN2CCN(C(=O)c3sc(C)nc3C)CC2)nn1. The van der Waals surface area contributed by atoms with Crippen molar-refractivity contribution in [2.24, 2.45) is 0 Å². The third kappa shape index (κ3) is 4.52. The van der Waals surface area contributed by atoms with Crippen molar-refractivity contribution < 1.29 is 9.53 Å². The Labute approximate surface area is 151 Å². The second kappa shape index (κ2) is 7.88. The molecule has 0 aromatic carbocycles. The largest absolute Gasteiger partial charge is 0.475 e. The third-order valence-electron chi connectivity index (χ3n) is 4.19. The van der Waals surface area contributed by atoms with E-state index in [1.807, 2.05) is 37.8 Å². The summed E-state index contributed by atoms with van der Waals surface area (Å²) in [5.74, 6) is 0.657. The Morgan fingerprint density at radius 2 is 1.92 bits per heavy atom. The van der Waals surface area contributed by atoms with Gasteiger partial charge in [0.15, 0.2) is 0 Å². The van der Waals surface area contributed by atoms with Crippen molar-refractivity contribution in [2.75, 3.05) is 39.3 Å². The van der Waals surface area contributed by atoms with Gasteiger partial charge >= 0.3 is 0 Å².